The molecule has 0 fully saturated rings. The van der Waals surface area contributed by atoms with Gasteiger partial charge in [-0.3, -0.25) is 0 Å². The van der Waals surface area contributed by atoms with Crippen molar-refractivity contribution in [3.8, 4) is 0 Å². The van der Waals surface area contributed by atoms with Crippen molar-refractivity contribution < 1.29 is 4.74 Å². The first-order chi connectivity index (χ1) is 9.63. The third-order valence-electron chi connectivity index (χ3n) is 3.13. The lowest BCUT2D eigenvalue weighted by Gasteiger charge is -2.10. The predicted molar refractivity (Wildman–Crippen MR) is 82.3 cm³/mol. The van der Waals surface area contributed by atoms with Crippen molar-refractivity contribution in [3.05, 3.63) is 23.7 Å². The SMILES string of the molecule is CCCOCCCn1c(C(C)Cl)nc2cc(C)cnc21. The molecule has 2 rings (SSSR count). The third kappa shape index (κ3) is 3.49. The molecule has 0 radical (unpaired) electrons. The maximum absolute atomic E-state index is 6.24. The number of rotatable bonds is 7. The van der Waals surface area contributed by atoms with Crippen molar-refractivity contribution >= 4 is 22.8 Å². The van der Waals surface area contributed by atoms with E-state index in [4.69, 9.17) is 16.3 Å². The molecular weight excluding hydrogens is 274 g/mol. The van der Waals surface area contributed by atoms with Crippen molar-refractivity contribution in [2.24, 2.45) is 0 Å². The summed E-state index contributed by atoms with van der Waals surface area (Å²) in [6.07, 6.45) is 3.87. The van der Waals surface area contributed by atoms with E-state index in [1.54, 1.807) is 0 Å². The van der Waals surface area contributed by atoms with Crippen molar-refractivity contribution in [2.75, 3.05) is 13.2 Å². The number of hydrogen-bond acceptors (Lipinski definition) is 3. The Morgan fingerprint density at radius 3 is 2.90 bits per heavy atom. The highest BCUT2D eigenvalue weighted by atomic mass is 35.5. The molecule has 0 aromatic carbocycles. The second-order valence-electron chi connectivity index (χ2n) is 5.06. The van der Waals surface area contributed by atoms with Gasteiger partial charge in [0.25, 0.3) is 0 Å². The number of hydrogen-bond donors (Lipinski definition) is 0. The highest BCUT2D eigenvalue weighted by Gasteiger charge is 2.15. The van der Waals surface area contributed by atoms with E-state index in [1.165, 1.54) is 0 Å². The molecule has 0 N–H and O–H groups in total. The molecular formula is C15H22ClN3O. The first-order valence-corrected chi connectivity index (χ1v) is 7.61. The van der Waals surface area contributed by atoms with E-state index in [1.807, 2.05) is 20.0 Å². The van der Waals surface area contributed by atoms with Gasteiger partial charge in [0.1, 0.15) is 11.3 Å². The van der Waals surface area contributed by atoms with Crippen molar-refractivity contribution in [2.45, 2.75) is 45.5 Å². The topological polar surface area (TPSA) is 39.9 Å². The zero-order valence-corrected chi connectivity index (χ0v) is 13.2. The summed E-state index contributed by atoms with van der Waals surface area (Å²) in [7, 11) is 0. The van der Waals surface area contributed by atoms with Crippen LogP contribution in [-0.2, 0) is 11.3 Å². The van der Waals surface area contributed by atoms with E-state index >= 15 is 0 Å². The summed E-state index contributed by atoms with van der Waals surface area (Å²) in [6.45, 7) is 8.50. The standard InChI is InChI=1S/C15H22ClN3O/c1-4-7-20-8-5-6-19-14(12(3)16)18-13-9-11(2)10-17-15(13)19/h9-10,12H,4-8H2,1-3H3. The van der Waals surface area contributed by atoms with Crippen LogP contribution in [0.15, 0.2) is 12.3 Å². The summed E-state index contributed by atoms with van der Waals surface area (Å²) in [5.74, 6) is 0.884. The van der Waals surface area contributed by atoms with Gasteiger partial charge in [0, 0.05) is 26.0 Å². The first kappa shape index (κ1) is 15.3. The summed E-state index contributed by atoms with van der Waals surface area (Å²) in [6, 6.07) is 2.05. The van der Waals surface area contributed by atoms with Gasteiger partial charge < -0.3 is 9.30 Å². The fourth-order valence-electron chi connectivity index (χ4n) is 2.22. The Morgan fingerprint density at radius 2 is 2.20 bits per heavy atom. The van der Waals surface area contributed by atoms with Gasteiger partial charge in [-0.05, 0) is 38.3 Å². The number of nitrogens with zero attached hydrogens (tertiary/aromatic N) is 3. The fraction of sp³-hybridized carbons (Fsp3) is 0.600. The van der Waals surface area contributed by atoms with Crippen LogP contribution in [0.25, 0.3) is 11.2 Å². The molecule has 2 aromatic rings. The molecule has 0 amide bonds. The highest BCUT2D eigenvalue weighted by Crippen LogP contribution is 2.24. The van der Waals surface area contributed by atoms with Crippen LogP contribution < -0.4 is 0 Å². The van der Waals surface area contributed by atoms with Gasteiger partial charge in [0.2, 0.25) is 0 Å². The van der Waals surface area contributed by atoms with Crippen LogP contribution in [-0.4, -0.2) is 27.7 Å². The molecule has 0 saturated carbocycles. The average Bonchev–Trinajstić information content (AvgIpc) is 2.76. The van der Waals surface area contributed by atoms with E-state index in [0.717, 1.165) is 55.2 Å². The molecule has 2 heterocycles. The summed E-state index contributed by atoms with van der Waals surface area (Å²) in [5.41, 5.74) is 2.94. The molecule has 0 aliphatic rings. The summed E-state index contributed by atoms with van der Waals surface area (Å²) < 4.78 is 7.64. The van der Waals surface area contributed by atoms with Crippen LogP contribution in [0.1, 0.15) is 43.5 Å². The van der Waals surface area contributed by atoms with Crippen LogP contribution in [0, 0.1) is 6.92 Å². The zero-order valence-electron chi connectivity index (χ0n) is 12.4. The molecule has 2 aromatic heterocycles. The fourth-order valence-corrected chi connectivity index (χ4v) is 2.39. The largest absolute Gasteiger partial charge is 0.381 e. The molecule has 0 spiro atoms. The molecule has 20 heavy (non-hydrogen) atoms. The minimum absolute atomic E-state index is 0.124. The second-order valence-corrected chi connectivity index (χ2v) is 5.71. The third-order valence-corrected chi connectivity index (χ3v) is 3.32. The Morgan fingerprint density at radius 1 is 1.40 bits per heavy atom. The number of ether oxygens (including phenoxy) is 1. The molecule has 0 saturated heterocycles. The number of aryl methyl sites for hydroxylation is 2. The smallest absolute Gasteiger partial charge is 0.160 e. The van der Waals surface area contributed by atoms with Gasteiger partial charge >= 0.3 is 0 Å². The first-order valence-electron chi connectivity index (χ1n) is 7.18. The number of halogens is 1. The van der Waals surface area contributed by atoms with E-state index in [2.05, 4.69) is 27.5 Å². The Labute approximate surface area is 125 Å². The number of aromatic nitrogens is 3. The van der Waals surface area contributed by atoms with Gasteiger partial charge in [-0.25, -0.2) is 9.97 Å². The Balaban J connectivity index is 2.18. The van der Waals surface area contributed by atoms with Crippen LogP contribution in [0.5, 0.6) is 0 Å². The predicted octanol–water partition coefficient (Wildman–Crippen LogP) is 3.86. The molecule has 110 valence electrons. The molecule has 1 atom stereocenters. The molecule has 5 heteroatoms. The molecule has 0 aliphatic heterocycles. The monoisotopic (exact) mass is 295 g/mol. The summed E-state index contributed by atoms with van der Waals surface area (Å²) >= 11 is 6.24. The van der Waals surface area contributed by atoms with Gasteiger partial charge in [-0.2, -0.15) is 0 Å². The van der Waals surface area contributed by atoms with Crippen LogP contribution in [0.2, 0.25) is 0 Å². The Bertz CT molecular complexity index is 565. The van der Waals surface area contributed by atoms with Crippen molar-refractivity contribution in [3.63, 3.8) is 0 Å². The van der Waals surface area contributed by atoms with E-state index in [9.17, 15) is 0 Å². The normalized spacial score (nSPS) is 13.0. The quantitative estimate of drug-likeness (QED) is 0.575. The minimum Gasteiger partial charge on any atom is -0.381 e. The van der Waals surface area contributed by atoms with Gasteiger partial charge in [0.15, 0.2) is 5.65 Å². The van der Waals surface area contributed by atoms with Gasteiger partial charge in [-0.15, -0.1) is 11.6 Å². The second kappa shape index (κ2) is 7.04. The van der Waals surface area contributed by atoms with E-state index in [0.29, 0.717) is 0 Å². The van der Waals surface area contributed by atoms with E-state index < -0.39 is 0 Å². The number of pyridine rings is 1. The Kier molecular flexibility index (Phi) is 5.38. The summed E-state index contributed by atoms with van der Waals surface area (Å²) in [5, 5.41) is -0.124. The van der Waals surface area contributed by atoms with Gasteiger partial charge in [0.05, 0.1) is 5.38 Å². The minimum atomic E-state index is -0.124. The number of alkyl halides is 1. The molecule has 1 unspecified atom stereocenters. The maximum Gasteiger partial charge on any atom is 0.160 e. The lowest BCUT2D eigenvalue weighted by Crippen LogP contribution is -2.08. The lowest BCUT2D eigenvalue weighted by molar-refractivity contribution is 0.129. The van der Waals surface area contributed by atoms with E-state index in [-0.39, 0.29) is 5.38 Å². The van der Waals surface area contributed by atoms with Crippen LogP contribution >= 0.6 is 11.6 Å². The lowest BCUT2D eigenvalue weighted by atomic mass is 10.3. The van der Waals surface area contributed by atoms with Crippen LogP contribution in [0.3, 0.4) is 0 Å². The number of imidazole rings is 1. The maximum atomic E-state index is 6.24. The van der Waals surface area contributed by atoms with Gasteiger partial charge in [-0.1, -0.05) is 6.92 Å². The molecule has 0 aliphatic carbocycles. The molecule has 4 nitrogen and oxygen atoms in total. The van der Waals surface area contributed by atoms with Crippen molar-refractivity contribution in [1.29, 1.82) is 0 Å². The van der Waals surface area contributed by atoms with Crippen LogP contribution in [0.4, 0.5) is 0 Å². The average molecular weight is 296 g/mol. The highest BCUT2D eigenvalue weighted by molar-refractivity contribution is 6.20. The zero-order chi connectivity index (χ0) is 14.5. The summed E-state index contributed by atoms with van der Waals surface area (Å²) in [4.78, 5) is 9.12. The molecule has 0 bridgehead atoms. The Hall–Kier alpha value is -1.13. The van der Waals surface area contributed by atoms with Crippen molar-refractivity contribution in [1.82, 2.24) is 14.5 Å². The number of fused-ring (bicyclic) bond motifs is 1.